The Labute approximate surface area is 155 Å². The minimum absolute atomic E-state index is 0.102. The molecule has 1 amide bonds. The highest BCUT2D eigenvalue weighted by atomic mass is 32.2. The van der Waals surface area contributed by atoms with Crippen LogP contribution in [-0.4, -0.2) is 38.3 Å². The number of nitrogens with zero attached hydrogens (tertiary/aromatic N) is 1. The highest BCUT2D eigenvalue weighted by molar-refractivity contribution is 7.89. The lowest BCUT2D eigenvalue weighted by atomic mass is 10.1. The van der Waals surface area contributed by atoms with E-state index >= 15 is 0 Å². The van der Waals surface area contributed by atoms with Crippen molar-refractivity contribution in [1.82, 2.24) is 4.31 Å². The first-order chi connectivity index (χ1) is 12.5. The molecule has 0 radical (unpaired) electrons. The fourth-order valence-corrected chi connectivity index (χ4v) is 5.12. The highest BCUT2D eigenvalue weighted by Crippen LogP contribution is 2.32. The maximum Gasteiger partial charge on any atom is 0.246 e. The third-order valence-electron chi connectivity index (χ3n) is 4.77. The number of hydrogen-bond donors (Lipinski definition) is 1. The molecule has 6 nitrogen and oxygen atoms in total. The predicted molar refractivity (Wildman–Crippen MR) is 101 cm³/mol. The third-order valence-corrected chi connectivity index (χ3v) is 6.69. The van der Waals surface area contributed by atoms with Crippen LogP contribution in [0.4, 0.5) is 5.69 Å². The largest absolute Gasteiger partial charge is 0.492 e. The summed E-state index contributed by atoms with van der Waals surface area (Å²) in [6, 6.07) is 4.83. The maximum absolute atomic E-state index is 13.0. The van der Waals surface area contributed by atoms with Gasteiger partial charge in [0, 0.05) is 25.2 Å². The minimum atomic E-state index is -3.63. The fourth-order valence-electron chi connectivity index (χ4n) is 3.45. The lowest BCUT2D eigenvalue weighted by Crippen LogP contribution is -2.28. The molecule has 1 aliphatic heterocycles. The van der Waals surface area contributed by atoms with Crippen LogP contribution in [0.2, 0.25) is 0 Å². The lowest BCUT2D eigenvalue weighted by molar-refractivity contribution is -0.116. The highest BCUT2D eigenvalue weighted by Gasteiger charge is 2.30. The zero-order chi connectivity index (χ0) is 18.6. The van der Waals surface area contributed by atoms with Gasteiger partial charge in [-0.1, -0.05) is 12.2 Å². The van der Waals surface area contributed by atoms with Crippen molar-refractivity contribution in [2.24, 2.45) is 5.92 Å². The summed E-state index contributed by atoms with van der Waals surface area (Å²) in [5, 5.41) is 2.83. The molecule has 7 heteroatoms. The van der Waals surface area contributed by atoms with Gasteiger partial charge in [-0.25, -0.2) is 8.42 Å². The van der Waals surface area contributed by atoms with Crippen molar-refractivity contribution in [3.05, 3.63) is 30.4 Å². The Morgan fingerprint density at radius 2 is 2.08 bits per heavy atom. The fraction of sp³-hybridized carbons (Fsp3) is 0.526. The van der Waals surface area contributed by atoms with Crippen LogP contribution < -0.4 is 10.1 Å². The van der Waals surface area contributed by atoms with Crippen LogP contribution in [0.1, 0.15) is 39.0 Å². The molecule has 0 unspecified atom stereocenters. The molecule has 1 aromatic rings. The molecule has 0 aromatic heterocycles. The van der Waals surface area contributed by atoms with Gasteiger partial charge in [0.05, 0.1) is 6.61 Å². The molecule has 0 bridgehead atoms. The maximum atomic E-state index is 13.0. The molecular weight excluding hydrogens is 352 g/mol. The topological polar surface area (TPSA) is 75.7 Å². The standard InChI is InChI=1S/C19H26N2O4S/c1-2-25-17-10-9-16(20-19(22)13-15-7-3-4-8-15)14-18(17)26(23,24)21-11-5-6-12-21/h3,7,9-10,14-15H,2,4-6,8,11-13H2,1H3,(H,20,22)/t15-/m1/s1. The van der Waals surface area contributed by atoms with Crippen LogP contribution in [0, 0.1) is 5.92 Å². The Bertz CT molecular complexity index is 783. The van der Waals surface area contributed by atoms with Crippen LogP contribution in [0.25, 0.3) is 0 Å². The molecule has 0 spiro atoms. The number of carbonyl (C=O) groups is 1. The van der Waals surface area contributed by atoms with Gasteiger partial charge in [-0.2, -0.15) is 4.31 Å². The molecule has 1 aliphatic carbocycles. The van der Waals surface area contributed by atoms with Crippen molar-refractivity contribution in [2.75, 3.05) is 25.0 Å². The van der Waals surface area contributed by atoms with Crippen molar-refractivity contribution in [2.45, 2.75) is 43.9 Å². The van der Waals surface area contributed by atoms with Gasteiger partial charge in [0.25, 0.3) is 0 Å². The molecule has 1 N–H and O–H groups in total. The summed E-state index contributed by atoms with van der Waals surface area (Å²) in [5.41, 5.74) is 0.484. The van der Waals surface area contributed by atoms with E-state index in [1.807, 2.05) is 6.92 Å². The molecule has 1 fully saturated rings. The smallest absolute Gasteiger partial charge is 0.246 e. The van der Waals surface area contributed by atoms with E-state index < -0.39 is 10.0 Å². The Kier molecular flexibility index (Phi) is 5.98. The summed E-state index contributed by atoms with van der Waals surface area (Å²) in [6.07, 6.45) is 8.32. The van der Waals surface area contributed by atoms with E-state index in [9.17, 15) is 13.2 Å². The van der Waals surface area contributed by atoms with Gasteiger partial charge in [-0.05, 0) is 56.7 Å². The van der Waals surface area contributed by atoms with E-state index in [0.717, 1.165) is 25.7 Å². The third kappa shape index (κ3) is 4.27. The molecule has 1 heterocycles. The second-order valence-electron chi connectivity index (χ2n) is 6.72. The van der Waals surface area contributed by atoms with Crippen molar-refractivity contribution in [3.63, 3.8) is 0 Å². The molecule has 1 atom stereocenters. The molecule has 26 heavy (non-hydrogen) atoms. The van der Waals surface area contributed by atoms with Crippen molar-refractivity contribution < 1.29 is 17.9 Å². The number of sulfonamides is 1. The normalized spacial score (nSPS) is 20.4. The second-order valence-corrected chi connectivity index (χ2v) is 8.63. The van der Waals surface area contributed by atoms with Crippen LogP contribution in [0.15, 0.2) is 35.2 Å². The second kappa shape index (κ2) is 8.22. The van der Waals surface area contributed by atoms with Gasteiger partial charge in [0.15, 0.2) is 0 Å². The van der Waals surface area contributed by atoms with Gasteiger partial charge in [-0.15, -0.1) is 0 Å². The van der Waals surface area contributed by atoms with Crippen LogP contribution in [-0.2, 0) is 14.8 Å². The lowest BCUT2D eigenvalue weighted by Gasteiger charge is -2.19. The van der Waals surface area contributed by atoms with E-state index in [2.05, 4.69) is 17.5 Å². The summed E-state index contributed by atoms with van der Waals surface area (Å²) in [7, 11) is -3.63. The van der Waals surface area contributed by atoms with Gasteiger partial charge in [0.2, 0.25) is 15.9 Å². The molecule has 2 aliphatic rings. The molecule has 142 valence electrons. The number of carbonyl (C=O) groups excluding carboxylic acids is 1. The number of anilines is 1. The number of nitrogens with one attached hydrogen (secondary N) is 1. The Morgan fingerprint density at radius 3 is 2.73 bits per heavy atom. The molecule has 0 saturated carbocycles. The van der Waals surface area contributed by atoms with E-state index in [1.165, 1.54) is 10.4 Å². The van der Waals surface area contributed by atoms with Gasteiger partial charge in [-0.3, -0.25) is 4.79 Å². The van der Waals surface area contributed by atoms with Crippen LogP contribution in [0.5, 0.6) is 5.75 Å². The molecule has 1 saturated heterocycles. The summed E-state index contributed by atoms with van der Waals surface area (Å²) >= 11 is 0. The number of benzene rings is 1. The summed E-state index contributed by atoms with van der Waals surface area (Å²) in [5.74, 6) is 0.497. The van der Waals surface area contributed by atoms with E-state index in [0.29, 0.717) is 37.6 Å². The average molecular weight is 378 g/mol. The van der Waals surface area contributed by atoms with E-state index in [1.54, 1.807) is 12.1 Å². The first-order valence-corrected chi connectivity index (χ1v) is 10.7. The van der Waals surface area contributed by atoms with Gasteiger partial charge >= 0.3 is 0 Å². The van der Waals surface area contributed by atoms with Crippen LogP contribution >= 0.6 is 0 Å². The predicted octanol–water partition coefficient (Wildman–Crippen LogP) is 3.16. The Balaban J connectivity index is 1.81. The summed E-state index contributed by atoms with van der Waals surface area (Å²) in [6.45, 7) is 3.25. The van der Waals surface area contributed by atoms with Crippen molar-refractivity contribution in [1.29, 1.82) is 0 Å². The molecule has 3 rings (SSSR count). The van der Waals surface area contributed by atoms with E-state index in [4.69, 9.17) is 4.74 Å². The van der Waals surface area contributed by atoms with E-state index in [-0.39, 0.29) is 16.7 Å². The van der Waals surface area contributed by atoms with Crippen LogP contribution in [0.3, 0.4) is 0 Å². The monoisotopic (exact) mass is 378 g/mol. The summed E-state index contributed by atoms with van der Waals surface area (Å²) < 4.78 is 33.0. The van der Waals surface area contributed by atoms with Crippen molar-refractivity contribution >= 4 is 21.6 Å². The van der Waals surface area contributed by atoms with Gasteiger partial charge < -0.3 is 10.1 Å². The average Bonchev–Trinajstić information content (AvgIpc) is 3.30. The quantitative estimate of drug-likeness (QED) is 0.740. The first-order valence-electron chi connectivity index (χ1n) is 9.24. The Morgan fingerprint density at radius 1 is 1.31 bits per heavy atom. The van der Waals surface area contributed by atoms with Gasteiger partial charge in [0.1, 0.15) is 10.6 Å². The minimum Gasteiger partial charge on any atom is -0.492 e. The molecule has 1 aromatic carbocycles. The number of allylic oxidation sites excluding steroid dienone is 2. The first kappa shape index (κ1) is 18.9. The van der Waals surface area contributed by atoms with Crippen molar-refractivity contribution in [3.8, 4) is 5.75 Å². The summed E-state index contributed by atoms with van der Waals surface area (Å²) in [4.78, 5) is 12.4. The number of ether oxygens (including phenoxy) is 1. The molecular formula is C19H26N2O4S. The number of amides is 1. The number of rotatable bonds is 7. The zero-order valence-corrected chi connectivity index (χ0v) is 15.9. The Hall–Kier alpha value is -1.86. The SMILES string of the molecule is CCOc1ccc(NC(=O)C[C@@H]2C=CCC2)cc1S(=O)(=O)N1CCCC1. The zero-order valence-electron chi connectivity index (χ0n) is 15.1. The number of hydrogen-bond acceptors (Lipinski definition) is 4.